The summed E-state index contributed by atoms with van der Waals surface area (Å²) >= 11 is 0. The number of nitrogens with one attached hydrogen (secondary N) is 1. The summed E-state index contributed by atoms with van der Waals surface area (Å²) in [5.74, 6) is -1.44. The molecule has 0 unspecified atom stereocenters. The van der Waals surface area contributed by atoms with Gasteiger partial charge in [-0.15, -0.1) is 12.4 Å². The lowest BCUT2D eigenvalue weighted by molar-refractivity contribution is -0.118. The quantitative estimate of drug-likeness (QED) is 0.791. The molecule has 0 heterocycles. The highest BCUT2D eigenvalue weighted by Gasteiger charge is 2.33. The SMILES string of the molecule is COC(=O)c1ccc(F)c(NC(=O)CC2(CN)CCCCC2)c1.Cl. The monoisotopic (exact) mass is 358 g/mol. The van der Waals surface area contributed by atoms with Gasteiger partial charge in [0.1, 0.15) is 5.82 Å². The average molecular weight is 359 g/mol. The molecule has 1 saturated carbocycles. The highest BCUT2D eigenvalue weighted by atomic mass is 35.5. The molecule has 5 nitrogen and oxygen atoms in total. The van der Waals surface area contributed by atoms with Gasteiger partial charge in [0.05, 0.1) is 18.4 Å². The van der Waals surface area contributed by atoms with E-state index in [0.29, 0.717) is 6.54 Å². The summed E-state index contributed by atoms with van der Waals surface area (Å²) in [6, 6.07) is 3.75. The molecule has 24 heavy (non-hydrogen) atoms. The lowest BCUT2D eigenvalue weighted by Gasteiger charge is -2.35. The van der Waals surface area contributed by atoms with Crippen LogP contribution in [0.4, 0.5) is 10.1 Å². The van der Waals surface area contributed by atoms with E-state index in [1.165, 1.54) is 25.7 Å². The zero-order chi connectivity index (χ0) is 16.9. The van der Waals surface area contributed by atoms with E-state index in [1.54, 1.807) is 0 Å². The Bertz CT molecular complexity index is 589. The number of amides is 1. The summed E-state index contributed by atoms with van der Waals surface area (Å²) in [6.45, 7) is 0.450. The minimum Gasteiger partial charge on any atom is -0.465 e. The Morgan fingerprint density at radius 3 is 2.54 bits per heavy atom. The Morgan fingerprint density at radius 2 is 1.96 bits per heavy atom. The Morgan fingerprint density at radius 1 is 1.29 bits per heavy atom. The number of ether oxygens (including phenoxy) is 1. The summed E-state index contributed by atoms with van der Waals surface area (Å²) in [6.07, 6.45) is 5.40. The number of benzene rings is 1. The van der Waals surface area contributed by atoms with Crippen molar-refractivity contribution in [2.75, 3.05) is 19.0 Å². The third-order valence-electron chi connectivity index (χ3n) is 4.54. The topological polar surface area (TPSA) is 81.4 Å². The second kappa shape index (κ2) is 8.99. The molecule has 1 aromatic rings. The van der Waals surface area contributed by atoms with Gasteiger partial charge in [0.2, 0.25) is 5.91 Å². The van der Waals surface area contributed by atoms with Gasteiger partial charge >= 0.3 is 5.97 Å². The molecule has 1 aliphatic carbocycles. The second-order valence-corrected chi connectivity index (χ2v) is 6.18. The molecule has 1 aromatic carbocycles. The predicted molar refractivity (Wildman–Crippen MR) is 92.8 cm³/mol. The molecule has 0 radical (unpaired) electrons. The molecule has 0 aromatic heterocycles. The largest absolute Gasteiger partial charge is 0.465 e. The number of anilines is 1. The number of methoxy groups -OCH3 is 1. The molecule has 1 amide bonds. The highest BCUT2D eigenvalue weighted by molar-refractivity contribution is 5.94. The van der Waals surface area contributed by atoms with Crippen LogP contribution >= 0.6 is 12.4 Å². The van der Waals surface area contributed by atoms with Gasteiger partial charge in [0, 0.05) is 6.42 Å². The molecule has 0 saturated heterocycles. The summed E-state index contributed by atoms with van der Waals surface area (Å²) in [5, 5.41) is 2.56. The second-order valence-electron chi connectivity index (χ2n) is 6.18. The minimum absolute atomic E-state index is 0. The maximum absolute atomic E-state index is 13.9. The van der Waals surface area contributed by atoms with E-state index in [0.717, 1.165) is 31.7 Å². The van der Waals surface area contributed by atoms with Crippen LogP contribution in [-0.4, -0.2) is 25.5 Å². The van der Waals surface area contributed by atoms with Crippen LogP contribution in [0, 0.1) is 11.2 Å². The molecule has 2 rings (SSSR count). The van der Waals surface area contributed by atoms with Gasteiger partial charge in [-0.05, 0) is 43.0 Å². The molecule has 0 aliphatic heterocycles. The van der Waals surface area contributed by atoms with Crippen LogP contribution in [0.15, 0.2) is 18.2 Å². The van der Waals surface area contributed by atoms with E-state index >= 15 is 0 Å². The number of esters is 1. The van der Waals surface area contributed by atoms with E-state index < -0.39 is 11.8 Å². The molecule has 1 aliphatic rings. The fourth-order valence-corrected chi connectivity index (χ4v) is 3.16. The van der Waals surface area contributed by atoms with Gasteiger partial charge in [-0.25, -0.2) is 9.18 Å². The highest BCUT2D eigenvalue weighted by Crippen LogP contribution is 2.38. The standard InChI is InChI=1S/C17H23FN2O3.ClH/c1-23-16(22)12-5-6-13(18)14(9-12)20-15(21)10-17(11-19)7-3-2-4-8-17;/h5-6,9H,2-4,7-8,10-11,19H2,1H3,(H,20,21);1H. The average Bonchev–Trinajstić information content (AvgIpc) is 2.57. The lowest BCUT2D eigenvalue weighted by atomic mass is 9.71. The van der Waals surface area contributed by atoms with Crippen LogP contribution in [0.25, 0.3) is 0 Å². The van der Waals surface area contributed by atoms with Gasteiger partial charge in [0.25, 0.3) is 0 Å². The van der Waals surface area contributed by atoms with Crippen LogP contribution in [0.2, 0.25) is 0 Å². The number of halogens is 2. The van der Waals surface area contributed by atoms with Crippen molar-refractivity contribution in [3.8, 4) is 0 Å². The fraction of sp³-hybridized carbons (Fsp3) is 0.529. The Labute approximate surface area is 147 Å². The first-order valence-electron chi connectivity index (χ1n) is 7.87. The van der Waals surface area contributed by atoms with Crippen molar-refractivity contribution in [1.29, 1.82) is 0 Å². The van der Waals surface area contributed by atoms with E-state index in [2.05, 4.69) is 10.1 Å². The smallest absolute Gasteiger partial charge is 0.337 e. The molecule has 3 N–H and O–H groups in total. The molecular formula is C17H24ClFN2O3. The van der Waals surface area contributed by atoms with Gasteiger partial charge in [0.15, 0.2) is 0 Å². The van der Waals surface area contributed by atoms with Crippen molar-refractivity contribution in [3.63, 3.8) is 0 Å². The molecule has 0 bridgehead atoms. The van der Waals surface area contributed by atoms with E-state index in [1.807, 2.05) is 0 Å². The van der Waals surface area contributed by atoms with E-state index in [9.17, 15) is 14.0 Å². The Balaban J connectivity index is 0.00000288. The summed E-state index contributed by atoms with van der Waals surface area (Å²) in [5.41, 5.74) is 5.86. The van der Waals surface area contributed by atoms with Crippen molar-refractivity contribution in [2.45, 2.75) is 38.5 Å². The van der Waals surface area contributed by atoms with Crippen molar-refractivity contribution in [2.24, 2.45) is 11.1 Å². The van der Waals surface area contributed by atoms with Crippen LogP contribution in [0.5, 0.6) is 0 Å². The molecule has 1 fully saturated rings. The molecule has 0 atom stereocenters. The first kappa shape index (κ1) is 20.4. The van der Waals surface area contributed by atoms with Crippen LogP contribution in [0.1, 0.15) is 48.9 Å². The maximum atomic E-state index is 13.9. The number of carbonyl (C=O) groups is 2. The molecule has 7 heteroatoms. The number of hydrogen-bond donors (Lipinski definition) is 2. The Kier molecular flexibility index (Phi) is 7.63. The fourth-order valence-electron chi connectivity index (χ4n) is 3.16. The van der Waals surface area contributed by atoms with Gasteiger partial charge < -0.3 is 15.8 Å². The molecule has 134 valence electrons. The van der Waals surface area contributed by atoms with Crippen molar-refractivity contribution >= 4 is 30.0 Å². The summed E-state index contributed by atoms with van der Waals surface area (Å²) in [4.78, 5) is 23.8. The van der Waals surface area contributed by atoms with Crippen LogP contribution in [0.3, 0.4) is 0 Å². The number of hydrogen-bond acceptors (Lipinski definition) is 4. The van der Waals surface area contributed by atoms with E-state index in [-0.39, 0.29) is 41.4 Å². The van der Waals surface area contributed by atoms with Gasteiger partial charge in [-0.2, -0.15) is 0 Å². The lowest BCUT2D eigenvalue weighted by Crippen LogP contribution is -2.36. The normalized spacial score (nSPS) is 16.0. The first-order chi connectivity index (χ1) is 11.0. The number of rotatable bonds is 5. The molecule has 0 spiro atoms. The van der Waals surface area contributed by atoms with Crippen LogP contribution in [-0.2, 0) is 9.53 Å². The van der Waals surface area contributed by atoms with E-state index in [4.69, 9.17) is 5.73 Å². The zero-order valence-electron chi connectivity index (χ0n) is 13.8. The zero-order valence-corrected chi connectivity index (χ0v) is 14.6. The summed E-state index contributed by atoms with van der Waals surface area (Å²) in [7, 11) is 1.25. The Hall–Kier alpha value is -1.66. The molecular weight excluding hydrogens is 335 g/mol. The van der Waals surface area contributed by atoms with Gasteiger partial charge in [-0.1, -0.05) is 19.3 Å². The number of carbonyl (C=O) groups excluding carboxylic acids is 2. The summed E-state index contributed by atoms with van der Waals surface area (Å²) < 4.78 is 18.5. The number of nitrogens with two attached hydrogens (primary N) is 1. The third kappa shape index (κ3) is 4.92. The first-order valence-corrected chi connectivity index (χ1v) is 7.87. The van der Waals surface area contributed by atoms with Crippen molar-refractivity contribution in [1.82, 2.24) is 0 Å². The van der Waals surface area contributed by atoms with Crippen molar-refractivity contribution in [3.05, 3.63) is 29.6 Å². The van der Waals surface area contributed by atoms with Crippen molar-refractivity contribution < 1.29 is 18.7 Å². The third-order valence-corrected chi connectivity index (χ3v) is 4.54. The minimum atomic E-state index is -0.587. The van der Waals surface area contributed by atoms with Crippen LogP contribution < -0.4 is 11.1 Å². The maximum Gasteiger partial charge on any atom is 0.337 e. The predicted octanol–water partition coefficient (Wildman–Crippen LogP) is 3.27. The van der Waals surface area contributed by atoms with Gasteiger partial charge in [-0.3, -0.25) is 4.79 Å².